The van der Waals surface area contributed by atoms with E-state index in [2.05, 4.69) is 4.98 Å². The highest BCUT2D eigenvalue weighted by Gasteiger charge is 2.44. The second-order valence-electron chi connectivity index (χ2n) is 5.94. The van der Waals surface area contributed by atoms with E-state index >= 15 is 0 Å². The molecule has 2 aliphatic rings. The zero-order valence-electron chi connectivity index (χ0n) is 12.1. The van der Waals surface area contributed by atoms with Gasteiger partial charge in [0.25, 0.3) is 0 Å². The van der Waals surface area contributed by atoms with Gasteiger partial charge in [0, 0.05) is 31.8 Å². The molecule has 2 saturated heterocycles. The van der Waals surface area contributed by atoms with Crippen LogP contribution in [0.3, 0.4) is 0 Å². The molecule has 5 heteroatoms. The van der Waals surface area contributed by atoms with E-state index in [0.29, 0.717) is 25.8 Å². The number of hydrogen-bond donors (Lipinski definition) is 0. The van der Waals surface area contributed by atoms with Crippen LogP contribution in [0.5, 0.6) is 0 Å². The maximum Gasteiger partial charge on any atom is 0.306 e. The highest BCUT2D eigenvalue weighted by Crippen LogP contribution is 2.35. The lowest BCUT2D eigenvalue weighted by Gasteiger charge is -2.39. The van der Waals surface area contributed by atoms with Crippen LogP contribution < -0.4 is 0 Å². The Labute approximate surface area is 124 Å². The summed E-state index contributed by atoms with van der Waals surface area (Å²) in [5.41, 5.74) is 0.670. The molecule has 1 spiro atoms. The highest BCUT2D eigenvalue weighted by atomic mass is 16.6. The Kier molecular flexibility index (Phi) is 3.90. The third-order valence-electron chi connectivity index (χ3n) is 4.36. The van der Waals surface area contributed by atoms with Crippen LogP contribution in [0.4, 0.5) is 0 Å². The van der Waals surface area contributed by atoms with E-state index in [0.717, 1.165) is 31.4 Å². The molecule has 0 N–H and O–H groups in total. The van der Waals surface area contributed by atoms with Gasteiger partial charge >= 0.3 is 5.97 Å². The Hall–Kier alpha value is -1.91. The minimum atomic E-state index is -0.403. The smallest absolute Gasteiger partial charge is 0.306 e. The minimum Gasteiger partial charge on any atom is -0.457 e. The van der Waals surface area contributed by atoms with Crippen LogP contribution >= 0.6 is 0 Å². The number of aromatic nitrogens is 1. The number of ether oxygens (including phenoxy) is 1. The van der Waals surface area contributed by atoms with Crippen molar-refractivity contribution < 1.29 is 14.3 Å². The first kappa shape index (κ1) is 14.0. The van der Waals surface area contributed by atoms with E-state index in [-0.39, 0.29) is 11.9 Å². The number of rotatable bonds is 3. The Morgan fingerprint density at radius 1 is 1.43 bits per heavy atom. The summed E-state index contributed by atoms with van der Waals surface area (Å²) in [6.07, 6.45) is 7.73. The standard InChI is InChI=1S/C16H20N2O3/c19-14(5-4-13-3-1-9-17-11-13)18-10-2-7-16(12-18)8-6-15(20)21-16/h1,3,9,11H,2,4-8,10,12H2/t16-/m1/s1. The maximum absolute atomic E-state index is 12.4. The summed E-state index contributed by atoms with van der Waals surface area (Å²) in [7, 11) is 0. The van der Waals surface area contributed by atoms with E-state index in [1.807, 2.05) is 17.0 Å². The molecule has 2 fully saturated rings. The molecule has 3 heterocycles. The summed E-state index contributed by atoms with van der Waals surface area (Å²) in [4.78, 5) is 29.6. The van der Waals surface area contributed by atoms with Gasteiger partial charge in [-0.1, -0.05) is 6.07 Å². The van der Waals surface area contributed by atoms with Gasteiger partial charge in [-0.2, -0.15) is 0 Å². The molecule has 3 rings (SSSR count). The number of hydrogen-bond acceptors (Lipinski definition) is 4. The molecule has 112 valence electrons. The zero-order chi connectivity index (χ0) is 14.7. The van der Waals surface area contributed by atoms with Crippen LogP contribution in [-0.4, -0.2) is 40.5 Å². The molecule has 0 aliphatic carbocycles. The molecule has 0 unspecified atom stereocenters. The highest BCUT2D eigenvalue weighted by molar-refractivity contribution is 5.77. The number of carbonyl (C=O) groups excluding carboxylic acids is 2. The van der Waals surface area contributed by atoms with Gasteiger partial charge in [-0.05, 0) is 37.3 Å². The number of amides is 1. The third-order valence-corrected chi connectivity index (χ3v) is 4.36. The third kappa shape index (κ3) is 3.23. The van der Waals surface area contributed by atoms with Crippen molar-refractivity contribution in [3.05, 3.63) is 30.1 Å². The van der Waals surface area contributed by atoms with Crippen LogP contribution in [-0.2, 0) is 20.7 Å². The second kappa shape index (κ2) is 5.84. The van der Waals surface area contributed by atoms with E-state index < -0.39 is 5.60 Å². The molecule has 0 saturated carbocycles. The predicted molar refractivity (Wildman–Crippen MR) is 76.4 cm³/mol. The average Bonchev–Trinajstić information content (AvgIpc) is 2.86. The molecule has 1 amide bonds. The fourth-order valence-corrected chi connectivity index (χ4v) is 3.23. The Bertz CT molecular complexity index is 532. The first-order chi connectivity index (χ1) is 10.2. The zero-order valence-corrected chi connectivity index (χ0v) is 12.1. The Balaban J connectivity index is 1.56. The van der Waals surface area contributed by atoms with Crippen LogP contribution in [0, 0.1) is 0 Å². The second-order valence-corrected chi connectivity index (χ2v) is 5.94. The molecule has 0 radical (unpaired) electrons. The monoisotopic (exact) mass is 288 g/mol. The van der Waals surface area contributed by atoms with E-state index in [1.54, 1.807) is 12.4 Å². The van der Waals surface area contributed by atoms with Gasteiger partial charge < -0.3 is 9.64 Å². The van der Waals surface area contributed by atoms with Crippen LogP contribution in [0.25, 0.3) is 0 Å². The van der Waals surface area contributed by atoms with Crippen molar-refractivity contribution in [3.63, 3.8) is 0 Å². The summed E-state index contributed by atoms with van der Waals surface area (Å²) < 4.78 is 5.49. The van der Waals surface area contributed by atoms with Crippen molar-refractivity contribution in [1.82, 2.24) is 9.88 Å². The SMILES string of the molecule is O=C1CC[C@@]2(CCCN(C(=O)CCc3cccnc3)C2)O1. The lowest BCUT2D eigenvalue weighted by atomic mass is 9.90. The molecule has 21 heavy (non-hydrogen) atoms. The maximum atomic E-state index is 12.4. The van der Waals surface area contributed by atoms with Gasteiger partial charge in [-0.25, -0.2) is 0 Å². The normalized spacial score (nSPS) is 25.1. The molecular weight excluding hydrogens is 268 g/mol. The Morgan fingerprint density at radius 3 is 3.05 bits per heavy atom. The van der Waals surface area contributed by atoms with Crippen molar-refractivity contribution >= 4 is 11.9 Å². The number of pyridine rings is 1. The molecule has 1 aromatic heterocycles. The lowest BCUT2D eigenvalue weighted by molar-refractivity contribution is -0.156. The number of esters is 1. The van der Waals surface area contributed by atoms with E-state index in [4.69, 9.17) is 4.74 Å². The van der Waals surface area contributed by atoms with E-state index in [9.17, 15) is 9.59 Å². The predicted octanol–water partition coefficient (Wildman–Crippen LogP) is 1.71. The summed E-state index contributed by atoms with van der Waals surface area (Å²) in [5, 5.41) is 0. The summed E-state index contributed by atoms with van der Waals surface area (Å²) in [6, 6.07) is 3.87. The molecule has 0 bridgehead atoms. The number of piperidine rings is 1. The van der Waals surface area contributed by atoms with Gasteiger partial charge in [-0.3, -0.25) is 14.6 Å². The van der Waals surface area contributed by atoms with Gasteiger partial charge in [0.2, 0.25) is 5.91 Å². The fraction of sp³-hybridized carbons (Fsp3) is 0.562. The molecule has 5 nitrogen and oxygen atoms in total. The Morgan fingerprint density at radius 2 is 2.33 bits per heavy atom. The first-order valence-electron chi connectivity index (χ1n) is 7.55. The molecular formula is C16H20N2O3. The van der Waals surface area contributed by atoms with Crippen molar-refractivity contribution in [2.24, 2.45) is 0 Å². The summed E-state index contributed by atoms with van der Waals surface area (Å²) in [6.45, 7) is 1.33. The van der Waals surface area contributed by atoms with Crippen LogP contribution in [0.2, 0.25) is 0 Å². The molecule has 1 aromatic rings. The largest absolute Gasteiger partial charge is 0.457 e. The number of aryl methyl sites for hydroxylation is 1. The number of nitrogens with zero attached hydrogens (tertiary/aromatic N) is 2. The van der Waals surface area contributed by atoms with Crippen molar-refractivity contribution in [3.8, 4) is 0 Å². The quantitative estimate of drug-likeness (QED) is 0.795. The number of likely N-dealkylation sites (tertiary alicyclic amines) is 1. The summed E-state index contributed by atoms with van der Waals surface area (Å²) in [5.74, 6) is 0.0144. The minimum absolute atomic E-state index is 0.125. The lowest BCUT2D eigenvalue weighted by Crippen LogP contribution is -2.50. The number of carbonyl (C=O) groups is 2. The van der Waals surface area contributed by atoms with Crippen LogP contribution in [0.15, 0.2) is 24.5 Å². The fourth-order valence-electron chi connectivity index (χ4n) is 3.23. The topological polar surface area (TPSA) is 59.5 Å². The van der Waals surface area contributed by atoms with Gasteiger partial charge in [0.15, 0.2) is 0 Å². The van der Waals surface area contributed by atoms with Gasteiger partial charge in [0.05, 0.1) is 6.54 Å². The molecule has 1 atom stereocenters. The van der Waals surface area contributed by atoms with Gasteiger partial charge in [-0.15, -0.1) is 0 Å². The van der Waals surface area contributed by atoms with Gasteiger partial charge in [0.1, 0.15) is 5.60 Å². The molecule has 2 aliphatic heterocycles. The summed E-state index contributed by atoms with van der Waals surface area (Å²) >= 11 is 0. The van der Waals surface area contributed by atoms with Crippen molar-refractivity contribution in [1.29, 1.82) is 0 Å². The average molecular weight is 288 g/mol. The van der Waals surface area contributed by atoms with Crippen molar-refractivity contribution in [2.75, 3.05) is 13.1 Å². The van der Waals surface area contributed by atoms with Crippen LogP contribution in [0.1, 0.15) is 37.7 Å². The van der Waals surface area contributed by atoms with Crippen molar-refractivity contribution in [2.45, 2.75) is 44.1 Å². The first-order valence-corrected chi connectivity index (χ1v) is 7.55. The molecule has 0 aromatic carbocycles. The van der Waals surface area contributed by atoms with E-state index in [1.165, 1.54) is 0 Å².